The van der Waals surface area contributed by atoms with Gasteiger partial charge in [-0.05, 0) is 30.9 Å². The van der Waals surface area contributed by atoms with Crippen LogP contribution in [0.5, 0.6) is 0 Å². The first-order chi connectivity index (χ1) is 5.40. The van der Waals surface area contributed by atoms with Gasteiger partial charge < -0.3 is 5.73 Å². The predicted octanol–water partition coefficient (Wildman–Crippen LogP) is 0.917. The molecule has 2 N–H and O–H groups in total. The minimum Gasteiger partial charge on any atom is -0.330 e. The van der Waals surface area contributed by atoms with Gasteiger partial charge in [-0.1, -0.05) is 0 Å². The van der Waals surface area contributed by atoms with Crippen LogP contribution in [0.3, 0.4) is 0 Å². The maximum absolute atomic E-state index is 5.39. The molecule has 1 aromatic rings. The average molecular weight is 169 g/mol. The van der Waals surface area contributed by atoms with Crippen molar-refractivity contribution in [2.24, 2.45) is 5.73 Å². The highest BCUT2D eigenvalue weighted by atomic mass is 32.1. The highest BCUT2D eigenvalue weighted by molar-refractivity contribution is 7.05. The standard InChI is InChI=1S/C7H11N3S/c8-4-3-6-9-7(11-10-6)5-1-2-5/h5H,1-4,8H2. The van der Waals surface area contributed by atoms with Crippen LogP contribution in [0.2, 0.25) is 0 Å². The van der Waals surface area contributed by atoms with Gasteiger partial charge in [-0.3, -0.25) is 0 Å². The SMILES string of the molecule is NCCc1nsc(C2CC2)n1. The Morgan fingerprint density at radius 3 is 3.00 bits per heavy atom. The van der Waals surface area contributed by atoms with Crippen LogP contribution >= 0.6 is 11.5 Å². The van der Waals surface area contributed by atoms with E-state index in [-0.39, 0.29) is 0 Å². The van der Waals surface area contributed by atoms with Crippen molar-refractivity contribution < 1.29 is 0 Å². The third kappa shape index (κ3) is 1.57. The molecular weight excluding hydrogens is 158 g/mol. The molecule has 11 heavy (non-hydrogen) atoms. The molecule has 0 saturated heterocycles. The van der Waals surface area contributed by atoms with Crippen LogP contribution in [0.25, 0.3) is 0 Å². The Balaban J connectivity index is 2.06. The third-order valence-electron chi connectivity index (χ3n) is 1.78. The summed E-state index contributed by atoms with van der Waals surface area (Å²) in [5.74, 6) is 1.67. The van der Waals surface area contributed by atoms with Crippen molar-refractivity contribution in [3.8, 4) is 0 Å². The third-order valence-corrected chi connectivity index (χ3v) is 2.69. The molecule has 0 aliphatic heterocycles. The van der Waals surface area contributed by atoms with Gasteiger partial charge in [0.2, 0.25) is 0 Å². The second-order valence-corrected chi connectivity index (χ2v) is 3.65. The molecule has 0 radical (unpaired) electrons. The van der Waals surface area contributed by atoms with E-state index in [4.69, 9.17) is 5.73 Å². The summed E-state index contributed by atoms with van der Waals surface area (Å²) in [4.78, 5) is 4.39. The molecule has 1 fully saturated rings. The van der Waals surface area contributed by atoms with Gasteiger partial charge in [-0.2, -0.15) is 4.37 Å². The highest BCUT2D eigenvalue weighted by Gasteiger charge is 2.27. The Bertz CT molecular complexity index is 242. The molecule has 1 aliphatic rings. The molecule has 0 amide bonds. The zero-order valence-corrected chi connectivity index (χ0v) is 7.10. The number of nitrogens with zero attached hydrogens (tertiary/aromatic N) is 2. The molecule has 60 valence electrons. The lowest BCUT2D eigenvalue weighted by atomic mass is 10.4. The lowest BCUT2D eigenvalue weighted by Crippen LogP contribution is -2.03. The Labute approximate surface area is 69.8 Å². The molecule has 1 aliphatic carbocycles. The summed E-state index contributed by atoms with van der Waals surface area (Å²) in [5, 5.41) is 1.22. The quantitative estimate of drug-likeness (QED) is 0.732. The maximum Gasteiger partial charge on any atom is 0.143 e. The van der Waals surface area contributed by atoms with E-state index < -0.39 is 0 Å². The molecule has 1 heterocycles. The monoisotopic (exact) mass is 169 g/mol. The smallest absolute Gasteiger partial charge is 0.143 e. The topological polar surface area (TPSA) is 51.8 Å². The fraction of sp³-hybridized carbons (Fsp3) is 0.714. The lowest BCUT2D eigenvalue weighted by Gasteiger charge is -1.86. The van der Waals surface area contributed by atoms with Crippen molar-refractivity contribution in [2.45, 2.75) is 25.2 Å². The molecule has 0 atom stereocenters. The van der Waals surface area contributed by atoms with Gasteiger partial charge in [-0.25, -0.2) is 4.98 Å². The summed E-state index contributed by atoms with van der Waals surface area (Å²) in [6.45, 7) is 0.654. The van der Waals surface area contributed by atoms with Gasteiger partial charge in [-0.15, -0.1) is 0 Å². The molecule has 0 bridgehead atoms. The fourth-order valence-electron chi connectivity index (χ4n) is 0.994. The van der Waals surface area contributed by atoms with Crippen molar-refractivity contribution in [3.63, 3.8) is 0 Å². The summed E-state index contributed by atoms with van der Waals surface area (Å²) in [6, 6.07) is 0. The maximum atomic E-state index is 5.39. The zero-order valence-electron chi connectivity index (χ0n) is 6.29. The molecule has 1 aromatic heterocycles. The van der Waals surface area contributed by atoms with Gasteiger partial charge in [0.15, 0.2) is 0 Å². The van der Waals surface area contributed by atoms with Gasteiger partial charge >= 0.3 is 0 Å². The van der Waals surface area contributed by atoms with Crippen LogP contribution in [-0.4, -0.2) is 15.9 Å². The van der Waals surface area contributed by atoms with Gasteiger partial charge in [0, 0.05) is 12.3 Å². The van der Waals surface area contributed by atoms with Crippen LogP contribution in [-0.2, 0) is 6.42 Å². The van der Waals surface area contributed by atoms with Crippen molar-refractivity contribution in [1.29, 1.82) is 0 Å². The zero-order chi connectivity index (χ0) is 7.68. The van der Waals surface area contributed by atoms with Crippen molar-refractivity contribution >= 4 is 11.5 Å². The molecule has 4 heteroatoms. The van der Waals surface area contributed by atoms with Crippen molar-refractivity contribution in [2.75, 3.05) is 6.54 Å². The Kier molecular flexibility index (Phi) is 1.87. The second-order valence-electron chi connectivity index (χ2n) is 2.86. The van der Waals surface area contributed by atoms with Gasteiger partial charge in [0.1, 0.15) is 10.8 Å². The second kappa shape index (κ2) is 2.87. The van der Waals surface area contributed by atoms with E-state index in [1.165, 1.54) is 17.8 Å². The summed E-state index contributed by atoms with van der Waals surface area (Å²) in [5.41, 5.74) is 5.39. The first-order valence-electron chi connectivity index (χ1n) is 3.92. The van der Waals surface area contributed by atoms with Crippen LogP contribution in [0, 0.1) is 0 Å². The van der Waals surface area contributed by atoms with Crippen LogP contribution in [0.1, 0.15) is 29.6 Å². The van der Waals surface area contributed by atoms with E-state index in [2.05, 4.69) is 9.36 Å². The minimum absolute atomic E-state index is 0.654. The molecule has 0 spiro atoms. The van der Waals surface area contributed by atoms with Crippen LogP contribution in [0.15, 0.2) is 0 Å². The van der Waals surface area contributed by atoms with E-state index in [0.29, 0.717) is 6.54 Å². The van der Waals surface area contributed by atoms with Crippen LogP contribution < -0.4 is 5.73 Å². The first-order valence-corrected chi connectivity index (χ1v) is 4.70. The lowest BCUT2D eigenvalue weighted by molar-refractivity contribution is 0.884. The molecule has 0 aromatic carbocycles. The molecule has 2 rings (SSSR count). The molecular formula is C7H11N3S. The molecule has 0 unspecified atom stereocenters. The largest absolute Gasteiger partial charge is 0.330 e. The van der Waals surface area contributed by atoms with E-state index in [0.717, 1.165) is 18.2 Å². The molecule has 3 nitrogen and oxygen atoms in total. The van der Waals surface area contributed by atoms with E-state index in [1.807, 2.05) is 0 Å². The summed E-state index contributed by atoms with van der Waals surface area (Å²) in [7, 11) is 0. The van der Waals surface area contributed by atoms with Gasteiger partial charge in [0.25, 0.3) is 0 Å². The van der Waals surface area contributed by atoms with Gasteiger partial charge in [0.05, 0.1) is 0 Å². The predicted molar refractivity (Wildman–Crippen MR) is 44.6 cm³/mol. The van der Waals surface area contributed by atoms with Crippen LogP contribution in [0.4, 0.5) is 0 Å². The van der Waals surface area contributed by atoms with E-state index >= 15 is 0 Å². The summed E-state index contributed by atoms with van der Waals surface area (Å²) >= 11 is 1.54. The highest BCUT2D eigenvalue weighted by Crippen LogP contribution is 2.40. The Hall–Kier alpha value is -0.480. The number of hydrogen-bond donors (Lipinski definition) is 1. The minimum atomic E-state index is 0.654. The Morgan fingerprint density at radius 1 is 1.55 bits per heavy atom. The molecule has 1 saturated carbocycles. The fourth-order valence-corrected chi connectivity index (χ4v) is 1.86. The summed E-state index contributed by atoms with van der Waals surface area (Å²) < 4.78 is 4.22. The van der Waals surface area contributed by atoms with E-state index in [9.17, 15) is 0 Å². The first kappa shape index (κ1) is 7.18. The average Bonchev–Trinajstić information content (AvgIpc) is 2.75. The normalized spacial score (nSPS) is 17.2. The van der Waals surface area contributed by atoms with Crippen molar-refractivity contribution in [3.05, 3.63) is 10.8 Å². The summed E-state index contributed by atoms with van der Waals surface area (Å²) in [6.07, 6.45) is 3.43. The van der Waals surface area contributed by atoms with E-state index in [1.54, 1.807) is 11.5 Å². The number of rotatable bonds is 3. The number of nitrogens with two attached hydrogens (primary N) is 1. The number of aromatic nitrogens is 2. The Morgan fingerprint density at radius 2 is 2.36 bits per heavy atom. The van der Waals surface area contributed by atoms with Crippen molar-refractivity contribution in [1.82, 2.24) is 9.36 Å². The number of hydrogen-bond acceptors (Lipinski definition) is 4.